The predicted octanol–water partition coefficient (Wildman–Crippen LogP) is 2.77. The zero-order chi connectivity index (χ0) is 15.0. The van der Waals surface area contributed by atoms with Crippen LogP contribution < -0.4 is 10.6 Å². The average molecular weight is 280 g/mol. The van der Waals surface area contributed by atoms with Crippen molar-refractivity contribution in [2.75, 3.05) is 11.9 Å². The van der Waals surface area contributed by atoms with E-state index in [2.05, 4.69) is 17.6 Å². The highest BCUT2D eigenvalue weighted by Gasteiger charge is 2.14. The summed E-state index contributed by atoms with van der Waals surface area (Å²) in [5, 5.41) is 5.04. The molecule has 2 amide bonds. The number of aryl methyl sites for hydroxylation is 1. The van der Waals surface area contributed by atoms with Crippen molar-refractivity contribution in [3.8, 4) is 0 Å². The van der Waals surface area contributed by atoms with Gasteiger partial charge in [-0.15, -0.1) is 0 Å². The van der Waals surface area contributed by atoms with Gasteiger partial charge < -0.3 is 10.6 Å². The Morgan fingerprint density at radius 3 is 2.55 bits per heavy atom. The second-order valence-corrected chi connectivity index (χ2v) is 4.73. The summed E-state index contributed by atoms with van der Waals surface area (Å²) in [6.45, 7) is 4.27. The summed E-state index contributed by atoms with van der Waals surface area (Å²) in [7, 11) is 0. The molecular weight excluding hydrogens is 259 g/mol. The summed E-state index contributed by atoms with van der Waals surface area (Å²) in [6.07, 6.45) is 4.15. The number of hydrogen-bond donors (Lipinski definition) is 2. The van der Waals surface area contributed by atoms with Crippen molar-refractivity contribution in [3.63, 3.8) is 0 Å². The molecule has 0 spiro atoms. The molecule has 0 atom stereocenters. The molecule has 0 saturated carbocycles. The second-order valence-electron chi connectivity index (χ2n) is 4.73. The predicted molar refractivity (Wildman–Crippen MR) is 76.9 cm³/mol. The summed E-state index contributed by atoms with van der Waals surface area (Å²) in [6, 6.07) is 3.99. The summed E-state index contributed by atoms with van der Waals surface area (Å²) >= 11 is 0. The molecular formula is C15H21FN2O2. The molecule has 0 aliphatic rings. The van der Waals surface area contributed by atoms with Gasteiger partial charge >= 0.3 is 11.8 Å². The maximum absolute atomic E-state index is 12.9. The lowest BCUT2D eigenvalue weighted by Crippen LogP contribution is -2.36. The molecule has 0 unspecified atom stereocenters. The van der Waals surface area contributed by atoms with Crippen LogP contribution >= 0.6 is 0 Å². The van der Waals surface area contributed by atoms with Crippen LogP contribution in [-0.2, 0) is 9.59 Å². The molecule has 0 saturated heterocycles. The highest BCUT2D eigenvalue weighted by molar-refractivity contribution is 6.39. The maximum atomic E-state index is 12.9. The number of rotatable bonds is 6. The van der Waals surface area contributed by atoms with Gasteiger partial charge in [0, 0.05) is 12.2 Å². The normalized spacial score (nSPS) is 10.2. The Labute approximate surface area is 118 Å². The largest absolute Gasteiger partial charge is 0.348 e. The summed E-state index contributed by atoms with van der Waals surface area (Å²) < 4.78 is 12.9. The third-order valence-electron chi connectivity index (χ3n) is 2.96. The van der Waals surface area contributed by atoms with Crippen molar-refractivity contribution in [3.05, 3.63) is 29.6 Å². The Bertz CT molecular complexity index is 475. The molecule has 1 rings (SSSR count). The summed E-state index contributed by atoms with van der Waals surface area (Å²) in [5.41, 5.74) is 1.02. The van der Waals surface area contributed by atoms with Gasteiger partial charge in [-0.3, -0.25) is 9.59 Å². The molecule has 0 bridgehead atoms. The Morgan fingerprint density at radius 2 is 1.90 bits per heavy atom. The first-order valence-corrected chi connectivity index (χ1v) is 6.90. The van der Waals surface area contributed by atoms with E-state index in [9.17, 15) is 14.0 Å². The van der Waals surface area contributed by atoms with Crippen molar-refractivity contribution in [2.45, 2.75) is 39.5 Å². The number of unbranched alkanes of at least 4 members (excludes halogenated alkanes) is 3. The molecule has 5 heteroatoms. The fraction of sp³-hybridized carbons (Fsp3) is 0.467. The molecule has 1 aromatic carbocycles. The van der Waals surface area contributed by atoms with E-state index < -0.39 is 11.8 Å². The van der Waals surface area contributed by atoms with Crippen molar-refractivity contribution >= 4 is 17.5 Å². The van der Waals surface area contributed by atoms with Crippen molar-refractivity contribution in [1.29, 1.82) is 0 Å². The van der Waals surface area contributed by atoms with Gasteiger partial charge in [0.15, 0.2) is 0 Å². The van der Waals surface area contributed by atoms with Crippen LogP contribution in [0.4, 0.5) is 10.1 Å². The van der Waals surface area contributed by atoms with Gasteiger partial charge in [0.05, 0.1) is 0 Å². The molecule has 110 valence electrons. The Kier molecular flexibility index (Phi) is 6.70. The zero-order valence-electron chi connectivity index (χ0n) is 12.0. The highest BCUT2D eigenvalue weighted by atomic mass is 19.1. The molecule has 2 N–H and O–H groups in total. The third kappa shape index (κ3) is 5.38. The number of hydrogen-bond acceptors (Lipinski definition) is 2. The van der Waals surface area contributed by atoms with Crippen molar-refractivity contribution < 1.29 is 14.0 Å². The molecule has 0 aliphatic carbocycles. The quantitative estimate of drug-likeness (QED) is 0.622. The SMILES string of the molecule is CCCCCCNC(=O)C(=O)Nc1ccc(F)cc1C. The van der Waals surface area contributed by atoms with Gasteiger partial charge in [0.2, 0.25) is 0 Å². The molecule has 0 aromatic heterocycles. The molecule has 0 aliphatic heterocycles. The number of benzene rings is 1. The fourth-order valence-electron chi connectivity index (χ4n) is 1.78. The van der Waals surface area contributed by atoms with E-state index in [0.29, 0.717) is 17.8 Å². The molecule has 0 radical (unpaired) electrons. The average Bonchev–Trinajstić information content (AvgIpc) is 2.41. The lowest BCUT2D eigenvalue weighted by molar-refractivity contribution is -0.136. The van der Waals surface area contributed by atoms with Crippen molar-refractivity contribution in [2.24, 2.45) is 0 Å². The second kappa shape index (κ2) is 8.30. The minimum absolute atomic E-state index is 0.374. The van der Waals surface area contributed by atoms with Gasteiger partial charge in [-0.25, -0.2) is 4.39 Å². The van der Waals surface area contributed by atoms with Gasteiger partial charge in [0.1, 0.15) is 5.82 Å². The number of carbonyl (C=O) groups excluding carboxylic acids is 2. The highest BCUT2D eigenvalue weighted by Crippen LogP contribution is 2.15. The molecule has 0 heterocycles. The minimum atomic E-state index is -0.727. The Morgan fingerprint density at radius 1 is 1.15 bits per heavy atom. The van der Waals surface area contributed by atoms with E-state index in [0.717, 1.165) is 25.7 Å². The van der Waals surface area contributed by atoms with E-state index in [4.69, 9.17) is 0 Å². The fourth-order valence-corrected chi connectivity index (χ4v) is 1.78. The first kappa shape index (κ1) is 16.1. The maximum Gasteiger partial charge on any atom is 0.313 e. The zero-order valence-corrected chi connectivity index (χ0v) is 12.0. The summed E-state index contributed by atoms with van der Waals surface area (Å²) in [5.74, 6) is -1.76. The van der Waals surface area contributed by atoms with Crippen LogP contribution in [0.1, 0.15) is 38.2 Å². The molecule has 1 aromatic rings. The van der Waals surface area contributed by atoms with Crippen LogP contribution in [0.5, 0.6) is 0 Å². The first-order valence-electron chi connectivity index (χ1n) is 6.90. The standard InChI is InChI=1S/C15H21FN2O2/c1-3-4-5-6-9-17-14(19)15(20)18-13-8-7-12(16)10-11(13)2/h7-8,10H,3-6,9H2,1-2H3,(H,17,19)(H,18,20). The van der Waals surface area contributed by atoms with E-state index in [1.807, 2.05) is 0 Å². The molecule has 4 nitrogen and oxygen atoms in total. The van der Waals surface area contributed by atoms with Crippen LogP contribution in [0.15, 0.2) is 18.2 Å². The number of nitrogens with one attached hydrogen (secondary N) is 2. The summed E-state index contributed by atoms with van der Waals surface area (Å²) in [4.78, 5) is 23.2. The van der Waals surface area contributed by atoms with E-state index in [1.165, 1.54) is 18.2 Å². The minimum Gasteiger partial charge on any atom is -0.348 e. The van der Waals surface area contributed by atoms with Crippen molar-refractivity contribution in [1.82, 2.24) is 5.32 Å². The van der Waals surface area contributed by atoms with E-state index in [-0.39, 0.29) is 5.82 Å². The van der Waals surface area contributed by atoms with Gasteiger partial charge in [0.25, 0.3) is 0 Å². The lowest BCUT2D eigenvalue weighted by atomic mass is 10.2. The Hall–Kier alpha value is -1.91. The van der Waals surface area contributed by atoms with Crippen LogP contribution in [0.2, 0.25) is 0 Å². The van der Waals surface area contributed by atoms with E-state index in [1.54, 1.807) is 6.92 Å². The smallest absolute Gasteiger partial charge is 0.313 e. The van der Waals surface area contributed by atoms with E-state index >= 15 is 0 Å². The molecule has 20 heavy (non-hydrogen) atoms. The number of carbonyl (C=O) groups is 2. The van der Waals surface area contributed by atoms with Crippen LogP contribution in [-0.4, -0.2) is 18.4 Å². The monoisotopic (exact) mass is 280 g/mol. The van der Waals surface area contributed by atoms with Gasteiger partial charge in [-0.2, -0.15) is 0 Å². The molecule has 0 fully saturated rings. The van der Waals surface area contributed by atoms with Gasteiger partial charge in [-0.1, -0.05) is 26.2 Å². The van der Waals surface area contributed by atoms with Gasteiger partial charge in [-0.05, 0) is 37.1 Å². The number of amides is 2. The first-order chi connectivity index (χ1) is 9.54. The lowest BCUT2D eigenvalue weighted by Gasteiger charge is -2.08. The van der Waals surface area contributed by atoms with Crippen LogP contribution in [0.25, 0.3) is 0 Å². The number of halogens is 1. The topological polar surface area (TPSA) is 58.2 Å². The third-order valence-corrected chi connectivity index (χ3v) is 2.96. The Balaban J connectivity index is 2.39. The van der Waals surface area contributed by atoms with Crippen LogP contribution in [0, 0.1) is 12.7 Å². The number of anilines is 1. The van der Waals surface area contributed by atoms with Crippen LogP contribution in [0.3, 0.4) is 0 Å².